The Morgan fingerprint density at radius 2 is 2.06 bits per heavy atom. The smallest absolute Gasteiger partial charge is 0.251 e. The third-order valence-corrected chi connectivity index (χ3v) is 3.21. The third kappa shape index (κ3) is 4.49. The first-order valence-electron chi connectivity index (χ1n) is 6.57. The fourth-order valence-corrected chi connectivity index (χ4v) is 1.89. The van der Waals surface area contributed by atoms with Crippen LogP contribution in [-0.2, 0) is 11.3 Å². The van der Waals surface area contributed by atoms with Gasteiger partial charge in [-0.3, -0.25) is 4.79 Å². The van der Waals surface area contributed by atoms with E-state index in [-0.39, 0.29) is 5.91 Å². The molecule has 0 saturated heterocycles. The summed E-state index contributed by atoms with van der Waals surface area (Å²) in [6, 6.07) is 7.56. The van der Waals surface area contributed by atoms with Crippen LogP contribution >= 0.6 is 0 Å². The number of ether oxygens (including phenoxy) is 1. The van der Waals surface area contributed by atoms with Crippen molar-refractivity contribution in [3.63, 3.8) is 0 Å². The number of methoxy groups -OCH3 is 1. The summed E-state index contributed by atoms with van der Waals surface area (Å²) in [4.78, 5) is 12.0. The average molecular weight is 249 g/mol. The number of amides is 1. The van der Waals surface area contributed by atoms with Crippen LogP contribution in [0.4, 0.5) is 0 Å². The largest absolute Gasteiger partial charge is 0.380 e. The molecule has 0 aliphatic carbocycles. The highest BCUT2D eigenvalue weighted by molar-refractivity contribution is 5.94. The van der Waals surface area contributed by atoms with Gasteiger partial charge in [0.2, 0.25) is 0 Å². The maximum atomic E-state index is 12.0. The average Bonchev–Trinajstić information content (AvgIpc) is 2.40. The summed E-state index contributed by atoms with van der Waals surface area (Å²) in [6.07, 6.45) is 2.20. The van der Waals surface area contributed by atoms with E-state index in [1.807, 2.05) is 24.3 Å². The topological polar surface area (TPSA) is 38.3 Å². The lowest BCUT2D eigenvalue weighted by Gasteiger charge is -2.13. The lowest BCUT2D eigenvalue weighted by Crippen LogP contribution is -2.28. The van der Waals surface area contributed by atoms with Crippen LogP contribution < -0.4 is 5.32 Å². The molecule has 0 aromatic heterocycles. The molecule has 0 unspecified atom stereocenters. The van der Waals surface area contributed by atoms with Gasteiger partial charge in [0.25, 0.3) is 5.91 Å². The first-order chi connectivity index (χ1) is 8.71. The highest BCUT2D eigenvalue weighted by atomic mass is 16.5. The maximum absolute atomic E-state index is 12.0. The molecule has 3 heteroatoms. The third-order valence-electron chi connectivity index (χ3n) is 3.21. The first-order valence-corrected chi connectivity index (χ1v) is 6.57. The standard InChI is InChI=1S/C15H23NO2/c1-4-12(5-2)10-16-15(17)14-8-6-7-13(9-14)11-18-3/h6-9,12H,4-5,10-11H2,1-3H3,(H,16,17). The van der Waals surface area contributed by atoms with Crippen molar-refractivity contribution in [2.24, 2.45) is 5.92 Å². The van der Waals surface area contributed by atoms with E-state index in [2.05, 4.69) is 19.2 Å². The summed E-state index contributed by atoms with van der Waals surface area (Å²) in [5, 5.41) is 2.99. The number of carbonyl (C=O) groups excluding carboxylic acids is 1. The Bertz CT molecular complexity index is 373. The number of hydrogen-bond donors (Lipinski definition) is 1. The van der Waals surface area contributed by atoms with E-state index in [1.54, 1.807) is 7.11 Å². The molecule has 0 bridgehead atoms. The van der Waals surface area contributed by atoms with Crippen molar-refractivity contribution in [3.05, 3.63) is 35.4 Å². The van der Waals surface area contributed by atoms with Crippen molar-refractivity contribution in [1.82, 2.24) is 5.32 Å². The Hall–Kier alpha value is -1.35. The zero-order valence-electron chi connectivity index (χ0n) is 11.5. The summed E-state index contributed by atoms with van der Waals surface area (Å²) in [5.41, 5.74) is 1.73. The number of nitrogens with one attached hydrogen (secondary N) is 1. The summed E-state index contributed by atoms with van der Waals surface area (Å²) in [7, 11) is 1.65. The van der Waals surface area contributed by atoms with Gasteiger partial charge < -0.3 is 10.1 Å². The number of benzene rings is 1. The van der Waals surface area contributed by atoms with Crippen LogP contribution in [0.3, 0.4) is 0 Å². The van der Waals surface area contributed by atoms with Crippen molar-refractivity contribution in [1.29, 1.82) is 0 Å². The van der Waals surface area contributed by atoms with Crippen LogP contribution in [0.1, 0.15) is 42.6 Å². The lowest BCUT2D eigenvalue weighted by molar-refractivity contribution is 0.0946. The van der Waals surface area contributed by atoms with E-state index in [4.69, 9.17) is 4.74 Å². The fraction of sp³-hybridized carbons (Fsp3) is 0.533. The predicted octanol–water partition coefficient (Wildman–Crippen LogP) is 3.00. The molecular formula is C15H23NO2. The molecule has 0 aliphatic heterocycles. The molecule has 18 heavy (non-hydrogen) atoms. The van der Waals surface area contributed by atoms with Crippen LogP contribution in [0.5, 0.6) is 0 Å². The van der Waals surface area contributed by atoms with E-state index in [0.29, 0.717) is 18.1 Å². The molecule has 3 nitrogen and oxygen atoms in total. The van der Waals surface area contributed by atoms with E-state index >= 15 is 0 Å². The van der Waals surface area contributed by atoms with Gasteiger partial charge in [-0.15, -0.1) is 0 Å². The molecule has 100 valence electrons. The van der Waals surface area contributed by atoms with Crippen molar-refractivity contribution in [2.45, 2.75) is 33.3 Å². The van der Waals surface area contributed by atoms with Crippen molar-refractivity contribution in [3.8, 4) is 0 Å². The zero-order chi connectivity index (χ0) is 13.4. The normalized spacial score (nSPS) is 10.7. The van der Waals surface area contributed by atoms with Gasteiger partial charge in [-0.1, -0.05) is 38.8 Å². The Balaban J connectivity index is 2.58. The summed E-state index contributed by atoms with van der Waals surface area (Å²) in [6.45, 7) is 5.59. The minimum Gasteiger partial charge on any atom is -0.380 e. The van der Waals surface area contributed by atoms with Crippen LogP contribution in [0.25, 0.3) is 0 Å². The molecule has 0 aliphatic rings. The molecule has 1 N–H and O–H groups in total. The number of hydrogen-bond acceptors (Lipinski definition) is 2. The second kappa shape index (κ2) is 7.88. The van der Waals surface area contributed by atoms with Gasteiger partial charge in [0, 0.05) is 19.2 Å². The van der Waals surface area contributed by atoms with Crippen LogP contribution in [-0.4, -0.2) is 19.6 Å². The molecule has 0 heterocycles. The molecule has 0 atom stereocenters. The van der Waals surface area contributed by atoms with Crippen molar-refractivity contribution < 1.29 is 9.53 Å². The summed E-state index contributed by atoms with van der Waals surface area (Å²) < 4.78 is 5.06. The fourth-order valence-electron chi connectivity index (χ4n) is 1.89. The molecule has 0 fully saturated rings. The Morgan fingerprint density at radius 1 is 1.33 bits per heavy atom. The van der Waals surface area contributed by atoms with Gasteiger partial charge in [-0.2, -0.15) is 0 Å². The van der Waals surface area contributed by atoms with Crippen LogP contribution in [0, 0.1) is 5.92 Å². The van der Waals surface area contributed by atoms with Crippen molar-refractivity contribution in [2.75, 3.05) is 13.7 Å². The molecular weight excluding hydrogens is 226 g/mol. The SMILES string of the molecule is CCC(CC)CNC(=O)c1cccc(COC)c1. The minimum absolute atomic E-state index is 0.000136. The molecule has 1 aromatic carbocycles. The van der Waals surface area contributed by atoms with E-state index in [0.717, 1.165) is 24.9 Å². The molecule has 0 spiro atoms. The van der Waals surface area contributed by atoms with Gasteiger partial charge in [-0.05, 0) is 23.6 Å². The Kier molecular flexibility index (Phi) is 6.44. The van der Waals surface area contributed by atoms with Gasteiger partial charge >= 0.3 is 0 Å². The summed E-state index contributed by atoms with van der Waals surface area (Å²) in [5.74, 6) is 0.566. The molecule has 0 radical (unpaired) electrons. The molecule has 1 rings (SSSR count). The lowest BCUT2D eigenvalue weighted by atomic mass is 10.0. The second-order valence-corrected chi connectivity index (χ2v) is 4.53. The molecule has 1 aromatic rings. The van der Waals surface area contributed by atoms with Gasteiger partial charge in [-0.25, -0.2) is 0 Å². The second-order valence-electron chi connectivity index (χ2n) is 4.53. The zero-order valence-corrected chi connectivity index (χ0v) is 11.5. The monoisotopic (exact) mass is 249 g/mol. The minimum atomic E-state index is -0.000136. The van der Waals surface area contributed by atoms with Crippen LogP contribution in [0.15, 0.2) is 24.3 Å². The van der Waals surface area contributed by atoms with E-state index < -0.39 is 0 Å². The van der Waals surface area contributed by atoms with E-state index in [9.17, 15) is 4.79 Å². The van der Waals surface area contributed by atoms with Gasteiger partial charge in [0.15, 0.2) is 0 Å². The Labute approximate surface area is 110 Å². The van der Waals surface area contributed by atoms with Gasteiger partial charge in [0.05, 0.1) is 6.61 Å². The summed E-state index contributed by atoms with van der Waals surface area (Å²) >= 11 is 0. The van der Waals surface area contributed by atoms with Crippen LogP contribution in [0.2, 0.25) is 0 Å². The maximum Gasteiger partial charge on any atom is 0.251 e. The van der Waals surface area contributed by atoms with E-state index in [1.165, 1.54) is 0 Å². The van der Waals surface area contributed by atoms with Crippen molar-refractivity contribution >= 4 is 5.91 Å². The highest BCUT2D eigenvalue weighted by Crippen LogP contribution is 2.08. The Morgan fingerprint density at radius 3 is 2.67 bits per heavy atom. The molecule has 1 amide bonds. The number of carbonyl (C=O) groups is 1. The predicted molar refractivity (Wildman–Crippen MR) is 73.6 cm³/mol. The number of rotatable bonds is 7. The molecule has 0 saturated carbocycles. The quantitative estimate of drug-likeness (QED) is 0.806. The first kappa shape index (κ1) is 14.7. The van der Waals surface area contributed by atoms with Gasteiger partial charge in [0.1, 0.15) is 0 Å². The highest BCUT2D eigenvalue weighted by Gasteiger charge is 2.09.